The molecule has 0 heterocycles. The molecule has 0 fully saturated rings. The van der Waals surface area contributed by atoms with Crippen LogP contribution in [0.15, 0.2) is 30.3 Å². The minimum Gasteiger partial charge on any atom is -0.459 e. The van der Waals surface area contributed by atoms with Crippen LogP contribution in [0.5, 0.6) is 0 Å². The third-order valence-electron chi connectivity index (χ3n) is 4.16. The lowest BCUT2D eigenvalue weighted by Gasteiger charge is -2.34. The van der Waals surface area contributed by atoms with Gasteiger partial charge >= 0.3 is 25.3 Å². The Morgan fingerprint density at radius 2 is 1.59 bits per heavy atom. The van der Waals surface area contributed by atoms with Crippen LogP contribution in [0.2, 0.25) is 0 Å². The fourth-order valence-electron chi connectivity index (χ4n) is 2.64. The minimum atomic E-state index is -4.97. The molecule has 182 valence electrons. The average molecular weight is 479 g/mol. The maximum atomic E-state index is 15.3. The number of carbonyl (C=O) groups excluding carboxylic acids is 2. The summed E-state index contributed by atoms with van der Waals surface area (Å²) in [5.41, 5.74) is -4.45. The lowest BCUT2D eigenvalue weighted by molar-refractivity contribution is -0.152. The summed E-state index contributed by atoms with van der Waals surface area (Å²) < 4.78 is 63.2. The van der Waals surface area contributed by atoms with Gasteiger partial charge in [-0.05, 0) is 40.2 Å². The average Bonchev–Trinajstić information content (AvgIpc) is 2.69. The molecule has 0 saturated heterocycles. The molecular formula is C21H32F2NO7P. The number of hydrogen-bond donors (Lipinski definition) is 1. The maximum Gasteiger partial charge on any atom is 0.408 e. The summed E-state index contributed by atoms with van der Waals surface area (Å²) in [4.78, 5) is 25.0. The van der Waals surface area contributed by atoms with Crippen LogP contribution in [0.4, 0.5) is 13.6 Å². The Balaban J connectivity index is 3.19. The molecule has 1 rings (SSSR count). The van der Waals surface area contributed by atoms with Crippen LogP contribution in [-0.2, 0) is 34.5 Å². The van der Waals surface area contributed by atoms with E-state index in [0.717, 1.165) is 6.92 Å². The summed E-state index contributed by atoms with van der Waals surface area (Å²) in [6.45, 7) is 7.64. The number of hydrogen-bond acceptors (Lipinski definition) is 7. The monoisotopic (exact) mass is 479 g/mol. The van der Waals surface area contributed by atoms with E-state index in [0.29, 0.717) is 5.56 Å². The van der Waals surface area contributed by atoms with Crippen molar-refractivity contribution in [3.63, 3.8) is 0 Å². The van der Waals surface area contributed by atoms with Crippen molar-refractivity contribution in [1.82, 2.24) is 5.32 Å². The van der Waals surface area contributed by atoms with Gasteiger partial charge in [-0.1, -0.05) is 37.3 Å². The van der Waals surface area contributed by atoms with Crippen molar-refractivity contribution >= 4 is 19.7 Å². The molecule has 0 aliphatic heterocycles. The zero-order chi connectivity index (χ0) is 24.6. The summed E-state index contributed by atoms with van der Waals surface area (Å²) in [5.74, 6) is -3.16. The molecule has 0 saturated carbocycles. The molecule has 0 radical (unpaired) electrons. The van der Waals surface area contributed by atoms with E-state index in [4.69, 9.17) is 18.5 Å². The molecule has 0 bridgehead atoms. The van der Waals surface area contributed by atoms with E-state index >= 15 is 8.78 Å². The number of halogens is 2. The van der Waals surface area contributed by atoms with Gasteiger partial charge in [0, 0.05) is 0 Å². The minimum absolute atomic E-state index is 0.209. The van der Waals surface area contributed by atoms with Crippen molar-refractivity contribution in [1.29, 1.82) is 0 Å². The van der Waals surface area contributed by atoms with Gasteiger partial charge in [0.1, 0.15) is 18.2 Å². The molecule has 32 heavy (non-hydrogen) atoms. The smallest absolute Gasteiger partial charge is 0.408 e. The number of carbonyl (C=O) groups is 2. The summed E-state index contributed by atoms with van der Waals surface area (Å²) in [5, 5.41) is 2.12. The van der Waals surface area contributed by atoms with Crippen LogP contribution in [-0.4, -0.2) is 42.6 Å². The molecule has 1 aromatic carbocycles. The Morgan fingerprint density at radius 1 is 1.06 bits per heavy atom. The van der Waals surface area contributed by atoms with Gasteiger partial charge in [0.15, 0.2) is 0 Å². The Hall–Kier alpha value is -2.03. The van der Waals surface area contributed by atoms with Crippen LogP contribution in [0.25, 0.3) is 0 Å². The standard InChI is InChI=1S/C21H32F2NO7P/c1-7-29-32(27,30-8-2)21(22,23)15(3)17(24-19(26)31-20(4,5)6)18(25)28-14-16-12-10-9-11-13-16/h9-13,15,17H,7-8,14H2,1-6H3,(H,24,26)/t15-,17-/m0/s1. The fraction of sp³-hybridized carbons (Fsp3) is 0.619. The van der Waals surface area contributed by atoms with Gasteiger partial charge in [0.2, 0.25) is 0 Å². The Morgan fingerprint density at radius 3 is 2.06 bits per heavy atom. The van der Waals surface area contributed by atoms with Crippen LogP contribution in [0, 0.1) is 5.92 Å². The third kappa shape index (κ3) is 7.83. The Kier molecular flexibility index (Phi) is 10.3. The first kappa shape index (κ1) is 28.0. The summed E-state index contributed by atoms with van der Waals surface area (Å²) in [6.07, 6.45) is -1.11. The molecule has 8 nitrogen and oxygen atoms in total. The number of rotatable bonds is 11. The number of amides is 1. The molecule has 0 aromatic heterocycles. The zero-order valence-corrected chi connectivity index (χ0v) is 20.1. The van der Waals surface area contributed by atoms with Gasteiger partial charge in [0.05, 0.1) is 19.1 Å². The zero-order valence-electron chi connectivity index (χ0n) is 19.2. The van der Waals surface area contributed by atoms with E-state index in [2.05, 4.69) is 5.32 Å². The second-order valence-corrected chi connectivity index (χ2v) is 10.0. The van der Waals surface area contributed by atoms with E-state index in [1.165, 1.54) is 13.8 Å². The van der Waals surface area contributed by atoms with Gasteiger partial charge in [0.25, 0.3) is 0 Å². The van der Waals surface area contributed by atoms with Gasteiger partial charge in [-0.3, -0.25) is 4.57 Å². The van der Waals surface area contributed by atoms with E-state index in [-0.39, 0.29) is 19.8 Å². The first-order chi connectivity index (χ1) is 14.8. The predicted octanol–water partition coefficient (Wildman–Crippen LogP) is 5.12. The van der Waals surface area contributed by atoms with E-state index in [9.17, 15) is 14.2 Å². The topological polar surface area (TPSA) is 100 Å². The van der Waals surface area contributed by atoms with Gasteiger partial charge in [-0.25, -0.2) is 9.59 Å². The number of nitrogens with one attached hydrogen (secondary N) is 1. The Bertz CT molecular complexity index is 789. The number of esters is 1. The van der Waals surface area contributed by atoms with Crippen LogP contribution >= 0.6 is 7.60 Å². The van der Waals surface area contributed by atoms with E-state index in [1.54, 1.807) is 51.1 Å². The lowest BCUT2D eigenvalue weighted by atomic mass is 10.0. The number of benzene rings is 1. The highest BCUT2D eigenvalue weighted by molar-refractivity contribution is 7.55. The Labute approximate surface area is 187 Å². The highest BCUT2D eigenvalue weighted by Crippen LogP contribution is 2.65. The van der Waals surface area contributed by atoms with Crippen molar-refractivity contribution in [3.05, 3.63) is 35.9 Å². The molecule has 0 unspecified atom stereocenters. The molecular weight excluding hydrogens is 447 g/mol. The third-order valence-corrected chi connectivity index (χ3v) is 6.49. The van der Waals surface area contributed by atoms with Gasteiger partial charge in [-0.2, -0.15) is 8.78 Å². The van der Waals surface area contributed by atoms with Gasteiger partial charge < -0.3 is 23.8 Å². The molecule has 0 aliphatic rings. The summed E-state index contributed by atoms with van der Waals surface area (Å²) in [6, 6.07) is 6.67. The SMILES string of the molecule is CCOP(=O)(OCC)C(F)(F)[C@@H](C)[C@H](NC(=O)OC(C)(C)C)C(=O)OCc1ccccc1. The highest BCUT2D eigenvalue weighted by atomic mass is 31.2. The molecule has 1 N–H and O–H groups in total. The largest absolute Gasteiger partial charge is 0.459 e. The summed E-state index contributed by atoms with van der Waals surface area (Å²) >= 11 is 0. The molecule has 1 aromatic rings. The van der Waals surface area contributed by atoms with E-state index < -0.39 is 42.9 Å². The fourth-order valence-corrected chi connectivity index (χ4v) is 4.39. The molecule has 2 atom stereocenters. The van der Waals surface area contributed by atoms with Crippen molar-refractivity contribution in [2.45, 2.75) is 65.5 Å². The highest BCUT2D eigenvalue weighted by Gasteiger charge is 2.60. The molecule has 1 amide bonds. The first-order valence-corrected chi connectivity index (χ1v) is 11.8. The van der Waals surface area contributed by atoms with Crippen molar-refractivity contribution in [2.75, 3.05) is 13.2 Å². The predicted molar refractivity (Wildman–Crippen MR) is 114 cm³/mol. The molecule has 0 spiro atoms. The van der Waals surface area contributed by atoms with E-state index in [1.807, 2.05) is 0 Å². The van der Waals surface area contributed by atoms with Crippen LogP contribution < -0.4 is 5.32 Å². The quantitative estimate of drug-likeness (QED) is 0.347. The molecule has 11 heteroatoms. The number of ether oxygens (including phenoxy) is 2. The van der Waals surface area contributed by atoms with Crippen molar-refractivity contribution in [2.24, 2.45) is 5.92 Å². The number of alkyl halides is 2. The molecule has 0 aliphatic carbocycles. The normalized spacial score (nSPS) is 14.4. The lowest BCUT2D eigenvalue weighted by Crippen LogP contribution is -2.52. The van der Waals surface area contributed by atoms with Crippen LogP contribution in [0.3, 0.4) is 0 Å². The second kappa shape index (κ2) is 11.7. The van der Waals surface area contributed by atoms with Gasteiger partial charge in [-0.15, -0.1) is 0 Å². The number of alkyl carbamates (subject to hydrolysis) is 1. The summed E-state index contributed by atoms with van der Waals surface area (Å²) in [7, 11) is -4.97. The van der Waals surface area contributed by atoms with Crippen molar-refractivity contribution < 1.29 is 41.5 Å². The van der Waals surface area contributed by atoms with Crippen molar-refractivity contribution in [3.8, 4) is 0 Å². The first-order valence-electron chi connectivity index (χ1n) is 10.2. The van der Waals surface area contributed by atoms with Crippen LogP contribution in [0.1, 0.15) is 47.1 Å². The maximum absolute atomic E-state index is 15.3. The second-order valence-electron chi connectivity index (χ2n) is 7.93.